The van der Waals surface area contributed by atoms with Gasteiger partial charge in [-0.2, -0.15) is 13.2 Å². The Balaban J connectivity index is 2.03. The predicted octanol–water partition coefficient (Wildman–Crippen LogP) is 4.45. The number of carbonyl (C=O) groups is 1. The van der Waals surface area contributed by atoms with Gasteiger partial charge < -0.3 is 0 Å². The minimum atomic E-state index is -4.29. The molecule has 1 fully saturated rings. The van der Waals surface area contributed by atoms with Gasteiger partial charge in [0.15, 0.2) is 0 Å². The van der Waals surface area contributed by atoms with E-state index in [2.05, 4.69) is 0 Å². The highest BCUT2D eigenvalue weighted by Gasteiger charge is 2.43. The number of carbonyl (C=O) groups excluding carboxylic acids is 1. The van der Waals surface area contributed by atoms with E-state index in [1.165, 1.54) is 0 Å². The molecule has 6 heteroatoms. The molecule has 1 aromatic carbocycles. The average molecular weight is 306 g/mol. The molecule has 21 heavy (non-hydrogen) atoms. The molecular weight excluding hydrogens is 291 g/mol. The molecule has 1 aliphatic carbocycles. The lowest BCUT2D eigenvalue weighted by Gasteiger charge is -2.29. The minimum absolute atomic E-state index is 0.0236. The van der Waals surface area contributed by atoms with Crippen molar-refractivity contribution in [2.75, 3.05) is 0 Å². The van der Waals surface area contributed by atoms with E-state index in [-0.39, 0.29) is 24.8 Å². The first kappa shape index (κ1) is 15.9. The quantitative estimate of drug-likeness (QED) is 0.754. The second kappa shape index (κ2) is 6.12. The van der Waals surface area contributed by atoms with Crippen LogP contribution in [0.1, 0.15) is 31.2 Å². The topological polar surface area (TPSA) is 17.1 Å². The van der Waals surface area contributed by atoms with Crippen molar-refractivity contribution in [3.63, 3.8) is 0 Å². The van der Waals surface area contributed by atoms with Gasteiger partial charge in [-0.3, -0.25) is 4.79 Å². The van der Waals surface area contributed by atoms with Crippen LogP contribution in [0.5, 0.6) is 0 Å². The molecule has 0 radical (unpaired) electrons. The zero-order chi connectivity index (χ0) is 15.6. The standard InChI is InChI=1S/C15H15F5O/c16-12-5-4-9(13(17)8-12)7-14(21)10-2-1-3-11(6-10)15(18,19)20/h4-5,8,10-11H,1-3,6-7H2. The fraction of sp³-hybridized carbons (Fsp3) is 0.533. The van der Waals surface area contributed by atoms with E-state index >= 15 is 0 Å². The highest BCUT2D eigenvalue weighted by atomic mass is 19.4. The molecule has 0 spiro atoms. The highest BCUT2D eigenvalue weighted by Crippen LogP contribution is 2.40. The van der Waals surface area contributed by atoms with E-state index in [4.69, 9.17) is 0 Å². The average Bonchev–Trinajstić information content (AvgIpc) is 2.41. The molecule has 2 rings (SSSR count). The summed E-state index contributed by atoms with van der Waals surface area (Å²) in [5.74, 6) is -4.16. The molecule has 0 amide bonds. The molecule has 2 atom stereocenters. The van der Waals surface area contributed by atoms with Gasteiger partial charge in [0.2, 0.25) is 0 Å². The van der Waals surface area contributed by atoms with Gasteiger partial charge in [-0.1, -0.05) is 12.5 Å². The van der Waals surface area contributed by atoms with Crippen molar-refractivity contribution in [3.05, 3.63) is 35.4 Å². The van der Waals surface area contributed by atoms with Crippen LogP contribution in [-0.2, 0) is 11.2 Å². The van der Waals surface area contributed by atoms with Crippen LogP contribution in [0.25, 0.3) is 0 Å². The third-order valence-corrected chi connectivity index (χ3v) is 3.97. The predicted molar refractivity (Wildman–Crippen MR) is 66.6 cm³/mol. The van der Waals surface area contributed by atoms with E-state index < -0.39 is 35.4 Å². The lowest BCUT2D eigenvalue weighted by atomic mass is 9.78. The van der Waals surface area contributed by atoms with Crippen LogP contribution in [-0.4, -0.2) is 12.0 Å². The van der Waals surface area contributed by atoms with Gasteiger partial charge in [-0.25, -0.2) is 8.78 Å². The van der Waals surface area contributed by atoms with Crippen molar-refractivity contribution in [2.45, 2.75) is 38.3 Å². The van der Waals surface area contributed by atoms with Crippen LogP contribution in [0, 0.1) is 23.5 Å². The van der Waals surface area contributed by atoms with Gasteiger partial charge >= 0.3 is 6.18 Å². The van der Waals surface area contributed by atoms with Crippen LogP contribution in [0.15, 0.2) is 18.2 Å². The molecule has 0 aliphatic heterocycles. The monoisotopic (exact) mass is 306 g/mol. The van der Waals surface area contributed by atoms with Crippen LogP contribution in [0.2, 0.25) is 0 Å². The van der Waals surface area contributed by atoms with Gasteiger partial charge in [0, 0.05) is 18.4 Å². The summed E-state index contributed by atoms with van der Waals surface area (Å²) in [6.45, 7) is 0. The number of rotatable bonds is 3. The maximum Gasteiger partial charge on any atom is 0.391 e. The molecule has 2 unspecified atom stereocenters. The lowest BCUT2D eigenvalue weighted by Crippen LogP contribution is -2.32. The molecule has 0 bridgehead atoms. The number of halogens is 5. The molecular formula is C15H15F5O. The summed E-state index contributed by atoms with van der Waals surface area (Å²) in [5, 5.41) is 0. The van der Waals surface area contributed by atoms with Crippen molar-refractivity contribution in [1.82, 2.24) is 0 Å². The Hall–Kier alpha value is -1.46. The van der Waals surface area contributed by atoms with Crippen molar-refractivity contribution < 1.29 is 26.7 Å². The molecule has 116 valence electrons. The number of hydrogen-bond acceptors (Lipinski definition) is 1. The first-order valence-electron chi connectivity index (χ1n) is 6.80. The summed E-state index contributed by atoms with van der Waals surface area (Å²) in [4.78, 5) is 12.0. The summed E-state index contributed by atoms with van der Waals surface area (Å²) >= 11 is 0. The maximum atomic E-state index is 13.5. The Morgan fingerprint density at radius 3 is 2.52 bits per heavy atom. The van der Waals surface area contributed by atoms with E-state index in [1.54, 1.807) is 0 Å². The molecule has 0 saturated heterocycles. The number of benzene rings is 1. The molecule has 0 N–H and O–H groups in total. The van der Waals surface area contributed by atoms with Gasteiger partial charge in [0.05, 0.1) is 5.92 Å². The summed E-state index contributed by atoms with van der Waals surface area (Å²) in [6.07, 6.45) is -4.04. The van der Waals surface area contributed by atoms with Gasteiger partial charge in [-0.15, -0.1) is 0 Å². The van der Waals surface area contributed by atoms with Crippen LogP contribution >= 0.6 is 0 Å². The summed E-state index contributed by atoms with van der Waals surface area (Å²) in [5.41, 5.74) is 0.0236. The van der Waals surface area contributed by atoms with Crippen LogP contribution in [0.4, 0.5) is 22.0 Å². The van der Waals surface area contributed by atoms with Gasteiger partial charge in [-0.05, 0) is 30.9 Å². The van der Waals surface area contributed by atoms with E-state index in [0.717, 1.165) is 12.1 Å². The number of alkyl halides is 3. The van der Waals surface area contributed by atoms with Crippen LogP contribution in [0.3, 0.4) is 0 Å². The van der Waals surface area contributed by atoms with Crippen molar-refractivity contribution in [3.8, 4) is 0 Å². The molecule has 1 nitrogen and oxygen atoms in total. The SMILES string of the molecule is O=C(Cc1ccc(F)cc1F)C1CCCC(C(F)(F)F)C1. The maximum absolute atomic E-state index is 13.5. The van der Waals surface area contributed by atoms with Gasteiger partial charge in [0.25, 0.3) is 0 Å². The van der Waals surface area contributed by atoms with E-state index in [9.17, 15) is 26.7 Å². The number of Topliss-reactive ketones (excluding diaryl/α,β-unsaturated/α-hetero) is 1. The highest BCUT2D eigenvalue weighted by molar-refractivity contribution is 5.83. The Kier molecular flexibility index (Phi) is 4.64. The number of hydrogen-bond donors (Lipinski definition) is 0. The Morgan fingerprint density at radius 1 is 1.19 bits per heavy atom. The smallest absolute Gasteiger partial charge is 0.299 e. The van der Waals surface area contributed by atoms with Crippen LogP contribution < -0.4 is 0 Å². The minimum Gasteiger partial charge on any atom is -0.299 e. The second-order valence-corrected chi connectivity index (χ2v) is 5.48. The largest absolute Gasteiger partial charge is 0.391 e. The fourth-order valence-corrected chi connectivity index (χ4v) is 2.78. The normalized spacial score (nSPS) is 23.1. The third-order valence-electron chi connectivity index (χ3n) is 3.97. The fourth-order valence-electron chi connectivity index (χ4n) is 2.78. The Morgan fingerprint density at radius 2 is 1.90 bits per heavy atom. The van der Waals surface area contributed by atoms with E-state index in [1.807, 2.05) is 0 Å². The zero-order valence-corrected chi connectivity index (χ0v) is 11.2. The molecule has 1 aromatic rings. The molecule has 1 saturated carbocycles. The third kappa shape index (κ3) is 4.02. The lowest BCUT2D eigenvalue weighted by molar-refractivity contribution is -0.186. The first-order chi connectivity index (χ1) is 9.77. The van der Waals surface area contributed by atoms with Gasteiger partial charge in [0.1, 0.15) is 17.4 Å². The Bertz CT molecular complexity index is 523. The summed E-state index contributed by atoms with van der Waals surface area (Å²) in [6, 6.07) is 2.86. The van der Waals surface area contributed by atoms with Crippen molar-refractivity contribution in [2.24, 2.45) is 11.8 Å². The van der Waals surface area contributed by atoms with E-state index in [0.29, 0.717) is 18.9 Å². The Labute approximate surface area is 119 Å². The first-order valence-corrected chi connectivity index (χ1v) is 6.80. The second-order valence-electron chi connectivity index (χ2n) is 5.48. The van der Waals surface area contributed by atoms with Crippen molar-refractivity contribution >= 4 is 5.78 Å². The summed E-state index contributed by atoms with van der Waals surface area (Å²) < 4.78 is 64.3. The summed E-state index contributed by atoms with van der Waals surface area (Å²) in [7, 11) is 0. The number of ketones is 1. The van der Waals surface area contributed by atoms with Crippen molar-refractivity contribution in [1.29, 1.82) is 0 Å². The molecule has 0 heterocycles. The molecule has 0 aromatic heterocycles. The molecule has 1 aliphatic rings. The zero-order valence-electron chi connectivity index (χ0n) is 11.2.